The van der Waals surface area contributed by atoms with Gasteiger partial charge in [-0.15, -0.1) is 0 Å². The van der Waals surface area contributed by atoms with Crippen LogP contribution >= 0.6 is 0 Å². The molecule has 1 aliphatic carbocycles. The van der Waals surface area contributed by atoms with Gasteiger partial charge in [0.05, 0.1) is 5.92 Å². The number of amides is 1. The van der Waals surface area contributed by atoms with Gasteiger partial charge < -0.3 is 5.73 Å². The SMILES string of the molecule is NC(=O)[C@H]1CC[C@H](c2ccccc2)c2ccccc21. The van der Waals surface area contributed by atoms with Crippen LogP contribution < -0.4 is 5.73 Å². The molecule has 1 aliphatic rings. The van der Waals surface area contributed by atoms with Crippen molar-refractivity contribution in [3.8, 4) is 0 Å². The van der Waals surface area contributed by atoms with Crippen molar-refractivity contribution in [2.75, 3.05) is 0 Å². The summed E-state index contributed by atoms with van der Waals surface area (Å²) in [5, 5.41) is 0. The summed E-state index contributed by atoms with van der Waals surface area (Å²) < 4.78 is 0. The monoisotopic (exact) mass is 251 g/mol. The van der Waals surface area contributed by atoms with Crippen LogP contribution in [0.3, 0.4) is 0 Å². The summed E-state index contributed by atoms with van der Waals surface area (Å²) in [5.74, 6) is 0.0446. The largest absolute Gasteiger partial charge is 0.369 e. The molecule has 0 radical (unpaired) electrons. The molecule has 2 aromatic carbocycles. The Morgan fingerprint density at radius 3 is 2.21 bits per heavy atom. The number of benzene rings is 2. The van der Waals surface area contributed by atoms with Crippen molar-refractivity contribution < 1.29 is 4.79 Å². The van der Waals surface area contributed by atoms with E-state index in [0.717, 1.165) is 18.4 Å². The third kappa shape index (κ3) is 2.14. The van der Waals surface area contributed by atoms with Gasteiger partial charge in [-0.25, -0.2) is 0 Å². The molecular weight excluding hydrogens is 234 g/mol. The second kappa shape index (κ2) is 4.88. The van der Waals surface area contributed by atoms with Crippen LogP contribution in [-0.4, -0.2) is 5.91 Å². The van der Waals surface area contributed by atoms with Crippen LogP contribution in [0.1, 0.15) is 41.4 Å². The van der Waals surface area contributed by atoms with Crippen molar-refractivity contribution in [3.63, 3.8) is 0 Å². The molecule has 0 saturated carbocycles. The zero-order valence-electron chi connectivity index (χ0n) is 10.8. The molecule has 0 heterocycles. The van der Waals surface area contributed by atoms with Crippen LogP contribution in [0, 0.1) is 0 Å². The van der Waals surface area contributed by atoms with Crippen LogP contribution in [0.5, 0.6) is 0 Å². The molecule has 3 rings (SSSR count). The minimum absolute atomic E-state index is 0.129. The molecular formula is C17H17NO. The highest BCUT2D eigenvalue weighted by Gasteiger charge is 2.30. The molecule has 0 unspecified atom stereocenters. The lowest BCUT2D eigenvalue weighted by molar-refractivity contribution is -0.119. The number of fused-ring (bicyclic) bond motifs is 1. The van der Waals surface area contributed by atoms with Crippen LogP contribution in [0.15, 0.2) is 54.6 Å². The molecule has 0 aromatic heterocycles. The average molecular weight is 251 g/mol. The first kappa shape index (κ1) is 12.0. The number of hydrogen-bond acceptors (Lipinski definition) is 1. The average Bonchev–Trinajstić information content (AvgIpc) is 2.47. The van der Waals surface area contributed by atoms with E-state index in [0.29, 0.717) is 5.92 Å². The Kier molecular flexibility index (Phi) is 3.08. The number of nitrogens with two attached hydrogens (primary N) is 1. The van der Waals surface area contributed by atoms with E-state index < -0.39 is 0 Å². The lowest BCUT2D eigenvalue weighted by Gasteiger charge is -2.30. The Hall–Kier alpha value is -2.09. The van der Waals surface area contributed by atoms with Crippen molar-refractivity contribution >= 4 is 5.91 Å². The van der Waals surface area contributed by atoms with Gasteiger partial charge in [0, 0.05) is 5.92 Å². The first-order valence-corrected chi connectivity index (χ1v) is 6.70. The fraction of sp³-hybridized carbons (Fsp3) is 0.235. The van der Waals surface area contributed by atoms with Crippen LogP contribution in [0.4, 0.5) is 0 Å². The summed E-state index contributed by atoms with van der Waals surface area (Å²) >= 11 is 0. The normalized spacial score (nSPS) is 21.7. The molecule has 2 atom stereocenters. The molecule has 96 valence electrons. The zero-order valence-corrected chi connectivity index (χ0v) is 10.8. The fourth-order valence-corrected chi connectivity index (χ4v) is 3.12. The predicted octanol–water partition coefficient (Wildman–Crippen LogP) is 3.18. The van der Waals surface area contributed by atoms with E-state index >= 15 is 0 Å². The molecule has 2 nitrogen and oxygen atoms in total. The zero-order chi connectivity index (χ0) is 13.2. The summed E-state index contributed by atoms with van der Waals surface area (Å²) in [6.45, 7) is 0. The van der Waals surface area contributed by atoms with E-state index in [2.05, 4.69) is 30.3 Å². The van der Waals surface area contributed by atoms with Gasteiger partial charge in [0.25, 0.3) is 0 Å². The third-order valence-electron chi connectivity index (χ3n) is 4.04. The summed E-state index contributed by atoms with van der Waals surface area (Å²) in [5.41, 5.74) is 9.20. The molecule has 0 bridgehead atoms. The smallest absolute Gasteiger partial charge is 0.224 e. The van der Waals surface area contributed by atoms with E-state index in [4.69, 9.17) is 5.73 Å². The first-order valence-electron chi connectivity index (χ1n) is 6.70. The van der Waals surface area contributed by atoms with Gasteiger partial charge in [0.1, 0.15) is 0 Å². The first-order chi connectivity index (χ1) is 9.27. The Bertz CT molecular complexity index is 591. The summed E-state index contributed by atoms with van der Waals surface area (Å²) in [6.07, 6.45) is 1.82. The highest BCUT2D eigenvalue weighted by atomic mass is 16.1. The van der Waals surface area contributed by atoms with Gasteiger partial charge in [0.15, 0.2) is 0 Å². The second-order valence-corrected chi connectivity index (χ2v) is 5.12. The Labute approximate surface area is 113 Å². The molecule has 0 aliphatic heterocycles. The molecule has 2 heteroatoms. The van der Waals surface area contributed by atoms with Gasteiger partial charge in [-0.3, -0.25) is 4.79 Å². The highest BCUT2D eigenvalue weighted by Crippen LogP contribution is 2.41. The Balaban J connectivity index is 2.07. The number of carbonyl (C=O) groups excluding carboxylic acids is 1. The summed E-state index contributed by atoms with van der Waals surface area (Å²) in [4.78, 5) is 11.6. The van der Waals surface area contributed by atoms with Gasteiger partial charge in [0.2, 0.25) is 5.91 Å². The second-order valence-electron chi connectivity index (χ2n) is 5.12. The van der Waals surface area contributed by atoms with Crippen LogP contribution in [0.2, 0.25) is 0 Å². The predicted molar refractivity (Wildman–Crippen MR) is 75.9 cm³/mol. The summed E-state index contributed by atoms with van der Waals surface area (Å²) in [6, 6.07) is 18.7. The molecule has 2 aromatic rings. The minimum Gasteiger partial charge on any atom is -0.369 e. The molecule has 1 amide bonds. The molecule has 2 N–H and O–H groups in total. The van der Waals surface area contributed by atoms with E-state index in [1.807, 2.05) is 24.3 Å². The third-order valence-corrected chi connectivity index (χ3v) is 4.04. The quantitative estimate of drug-likeness (QED) is 0.875. The Morgan fingerprint density at radius 1 is 0.895 bits per heavy atom. The maximum Gasteiger partial charge on any atom is 0.224 e. The van der Waals surface area contributed by atoms with Gasteiger partial charge >= 0.3 is 0 Å². The fourth-order valence-electron chi connectivity index (χ4n) is 3.12. The molecule has 0 saturated heterocycles. The van der Waals surface area contributed by atoms with E-state index in [1.54, 1.807) is 0 Å². The topological polar surface area (TPSA) is 43.1 Å². The van der Waals surface area contributed by atoms with Crippen molar-refractivity contribution in [2.24, 2.45) is 5.73 Å². The lowest BCUT2D eigenvalue weighted by Crippen LogP contribution is -2.26. The highest BCUT2D eigenvalue weighted by molar-refractivity contribution is 5.83. The van der Waals surface area contributed by atoms with E-state index in [9.17, 15) is 4.79 Å². The van der Waals surface area contributed by atoms with Crippen LogP contribution in [0.25, 0.3) is 0 Å². The molecule has 0 spiro atoms. The number of primary amides is 1. The minimum atomic E-state index is -0.209. The van der Waals surface area contributed by atoms with E-state index in [1.165, 1.54) is 11.1 Å². The van der Waals surface area contributed by atoms with Crippen molar-refractivity contribution in [3.05, 3.63) is 71.3 Å². The number of rotatable bonds is 2. The van der Waals surface area contributed by atoms with Gasteiger partial charge in [-0.2, -0.15) is 0 Å². The Morgan fingerprint density at radius 2 is 1.53 bits per heavy atom. The lowest BCUT2D eigenvalue weighted by atomic mass is 9.74. The standard InChI is InChI=1S/C17H17NO/c18-17(19)16-11-10-13(12-6-2-1-3-7-12)14-8-4-5-9-15(14)16/h1-9,13,16H,10-11H2,(H2,18,19)/t13-,16+/m1/s1. The molecule has 0 fully saturated rings. The maximum absolute atomic E-state index is 11.6. The van der Waals surface area contributed by atoms with Gasteiger partial charge in [-0.05, 0) is 29.5 Å². The van der Waals surface area contributed by atoms with Crippen molar-refractivity contribution in [2.45, 2.75) is 24.7 Å². The number of carbonyl (C=O) groups is 1. The molecule has 19 heavy (non-hydrogen) atoms. The summed E-state index contributed by atoms with van der Waals surface area (Å²) in [7, 11) is 0. The van der Waals surface area contributed by atoms with Crippen molar-refractivity contribution in [1.82, 2.24) is 0 Å². The van der Waals surface area contributed by atoms with Gasteiger partial charge in [-0.1, -0.05) is 54.6 Å². The number of hydrogen-bond donors (Lipinski definition) is 1. The van der Waals surface area contributed by atoms with Crippen molar-refractivity contribution in [1.29, 1.82) is 0 Å². The van der Waals surface area contributed by atoms with Crippen LogP contribution in [-0.2, 0) is 4.79 Å². The maximum atomic E-state index is 11.6. The van der Waals surface area contributed by atoms with E-state index in [-0.39, 0.29) is 11.8 Å².